The maximum atomic E-state index is 11.3. The monoisotopic (exact) mass is 215 g/mol. The average Bonchev–Trinajstić information content (AvgIpc) is 2.13. The quantitative estimate of drug-likeness (QED) is 0.662. The van der Waals surface area contributed by atoms with Crippen molar-refractivity contribution in [3.05, 3.63) is 0 Å². The van der Waals surface area contributed by atoms with Crippen LogP contribution >= 0.6 is 0 Å². The molecule has 0 saturated carbocycles. The Morgan fingerprint density at radius 3 is 2.33 bits per heavy atom. The zero-order valence-corrected chi connectivity index (χ0v) is 9.96. The molecule has 0 rings (SSSR count). The molecule has 0 bridgehead atoms. The molecule has 0 aliphatic heterocycles. The Hall–Kier alpha value is -1.06. The molecule has 0 aromatic rings. The van der Waals surface area contributed by atoms with Gasteiger partial charge in [-0.2, -0.15) is 0 Å². The fourth-order valence-electron chi connectivity index (χ4n) is 1.36. The molecule has 1 atom stereocenters. The first-order chi connectivity index (χ1) is 6.80. The lowest BCUT2D eigenvalue weighted by Gasteiger charge is -2.24. The third kappa shape index (κ3) is 5.40. The highest BCUT2D eigenvalue weighted by atomic mass is 16.4. The second-order valence-corrected chi connectivity index (χ2v) is 4.69. The van der Waals surface area contributed by atoms with Gasteiger partial charge >= 0.3 is 5.97 Å². The number of nitrogens with one attached hydrogen (secondary N) is 1. The summed E-state index contributed by atoms with van der Waals surface area (Å²) in [5, 5.41) is 11.3. The van der Waals surface area contributed by atoms with Gasteiger partial charge in [-0.05, 0) is 18.8 Å². The standard InChI is InChI=1S/C11H21NO3/c1-5-6-11(3,4)7-12-9(13)8(2)10(14)15/h8H,5-7H2,1-4H3,(H,12,13)(H,14,15). The van der Waals surface area contributed by atoms with Gasteiger partial charge in [-0.3, -0.25) is 9.59 Å². The summed E-state index contributed by atoms with van der Waals surface area (Å²) in [6.45, 7) is 8.12. The van der Waals surface area contributed by atoms with Gasteiger partial charge in [-0.15, -0.1) is 0 Å². The summed E-state index contributed by atoms with van der Waals surface area (Å²) in [5.41, 5.74) is 0.0304. The van der Waals surface area contributed by atoms with Crippen molar-refractivity contribution in [1.82, 2.24) is 5.32 Å². The van der Waals surface area contributed by atoms with Gasteiger partial charge in [-0.25, -0.2) is 0 Å². The predicted molar refractivity (Wildman–Crippen MR) is 58.5 cm³/mol. The Morgan fingerprint density at radius 2 is 1.93 bits per heavy atom. The molecule has 0 spiro atoms. The minimum Gasteiger partial charge on any atom is -0.481 e. The normalized spacial score (nSPS) is 13.3. The van der Waals surface area contributed by atoms with Crippen molar-refractivity contribution < 1.29 is 14.7 Å². The topological polar surface area (TPSA) is 66.4 Å². The summed E-state index contributed by atoms with van der Waals surface area (Å²) in [6, 6.07) is 0. The molecular formula is C11H21NO3. The van der Waals surface area contributed by atoms with Crippen molar-refractivity contribution in [1.29, 1.82) is 0 Å². The molecule has 0 aliphatic carbocycles. The fraction of sp³-hybridized carbons (Fsp3) is 0.818. The van der Waals surface area contributed by atoms with E-state index in [1.807, 2.05) is 0 Å². The molecule has 0 fully saturated rings. The summed E-state index contributed by atoms with van der Waals surface area (Å²) < 4.78 is 0. The Bertz CT molecular complexity index is 236. The average molecular weight is 215 g/mol. The Balaban J connectivity index is 4.05. The number of rotatable bonds is 6. The van der Waals surface area contributed by atoms with Crippen LogP contribution in [0.15, 0.2) is 0 Å². The zero-order valence-electron chi connectivity index (χ0n) is 9.96. The molecule has 1 amide bonds. The Labute approximate surface area is 91.1 Å². The minimum absolute atomic E-state index is 0.0304. The number of carboxylic acids is 1. The number of hydrogen-bond donors (Lipinski definition) is 2. The van der Waals surface area contributed by atoms with Gasteiger partial charge in [0.05, 0.1) is 0 Å². The van der Waals surface area contributed by atoms with Crippen LogP contribution in [-0.2, 0) is 9.59 Å². The van der Waals surface area contributed by atoms with Crippen molar-refractivity contribution in [2.75, 3.05) is 6.54 Å². The lowest BCUT2D eigenvalue weighted by Crippen LogP contribution is -2.39. The van der Waals surface area contributed by atoms with Crippen molar-refractivity contribution in [3.8, 4) is 0 Å². The number of hydrogen-bond acceptors (Lipinski definition) is 2. The van der Waals surface area contributed by atoms with Crippen LogP contribution in [0.2, 0.25) is 0 Å². The van der Waals surface area contributed by atoms with Gasteiger partial charge in [0.15, 0.2) is 0 Å². The van der Waals surface area contributed by atoms with E-state index < -0.39 is 17.8 Å². The van der Waals surface area contributed by atoms with Crippen LogP contribution in [-0.4, -0.2) is 23.5 Å². The number of amides is 1. The molecule has 0 saturated heterocycles. The van der Waals surface area contributed by atoms with Crippen molar-refractivity contribution in [2.24, 2.45) is 11.3 Å². The van der Waals surface area contributed by atoms with Gasteiger partial charge in [-0.1, -0.05) is 27.2 Å². The van der Waals surface area contributed by atoms with Crippen LogP contribution in [0.3, 0.4) is 0 Å². The number of carbonyl (C=O) groups excluding carboxylic acids is 1. The second kappa shape index (κ2) is 5.73. The van der Waals surface area contributed by atoms with Crippen molar-refractivity contribution >= 4 is 11.9 Å². The third-order valence-corrected chi connectivity index (χ3v) is 2.43. The molecule has 88 valence electrons. The maximum Gasteiger partial charge on any atom is 0.315 e. The van der Waals surface area contributed by atoms with E-state index in [9.17, 15) is 9.59 Å². The van der Waals surface area contributed by atoms with E-state index in [2.05, 4.69) is 26.1 Å². The van der Waals surface area contributed by atoms with E-state index in [0.717, 1.165) is 12.8 Å². The van der Waals surface area contributed by atoms with Gasteiger partial charge in [0.25, 0.3) is 0 Å². The fourth-order valence-corrected chi connectivity index (χ4v) is 1.36. The van der Waals surface area contributed by atoms with Crippen LogP contribution in [0.1, 0.15) is 40.5 Å². The molecule has 0 heterocycles. The Kier molecular flexibility index (Phi) is 5.33. The third-order valence-electron chi connectivity index (χ3n) is 2.43. The highest BCUT2D eigenvalue weighted by Gasteiger charge is 2.23. The highest BCUT2D eigenvalue weighted by Crippen LogP contribution is 2.20. The first kappa shape index (κ1) is 13.9. The van der Waals surface area contributed by atoms with Crippen LogP contribution in [0, 0.1) is 11.3 Å². The molecule has 4 heteroatoms. The molecular weight excluding hydrogens is 194 g/mol. The molecule has 0 aromatic carbocycles. The summed E-state index contributed by atoms with van der Waals surface area (Å²) in [6.07, 6.45) is 2.06. The second-order valence-electron chi connectivity index (χ2n) is 4.69. The van der Waals surface area contributed by atoms with E-state index in [1.54, 1.807) is 0 Å². The number of carbonyl (C=O) groups is 2. The van der Waals surface area contributed by atoms with E-state index >= 15 is 0 Å². The van der Waals surface area contributed by atoms with E-state index in [-0.39, 0.29) is 5.41 Å². The molecule has 0 aromatic heterocycles. The number of aliphatic carboxylic acids is 1. The van der Waals surface area contributed by atoms with Crippen LogP contribution in [0.5, 0.6) is 0 Å². The first-order valence-electron chi connectivity index (χ1n) is 5.30. The van der Waals surface area contributed by atoms with E-state index in [4.69, 9.17) is 5.11 Å². The van der Waals surface area contributed by atoms with Crippen molar-refractivity contribution in [3.63, 3.8) is 0 Å². The largest absolute Gasteiger partial charge is 0.481 e. The van der Waals surface area contributed by atoms with Crippen LogP contribution in [0.25, 0.3) is 0 Å². The summed E-state index contributed by atoms with van der Waals surface area (Å²) in [7, 11) is 0. The molecule has 15 heavy (non-hydrogen) atoms. The van der Waals surface area contributed by atoms with Crippen molar-refractivity contribution in [2.45, 2.75) is 40.5 Å². The van der Waals surface area contributed by atoms with Gasteiger partial charge in [0, 0.05) is 6.54 Å². The molecule has 2 N–H and O–H groups in total. The first-order valence-corrected chi connectivity index (χ1v) is 5.30. The highest BCUT2D eigenvalue weighted by molar-refractivity contribution is 5.96. The SMILES string of the molecule is CCCC(C)(C)CNC(=O)C(C)C(=O)O. The smallest absolute Gasteiger partial charge is 0.315 e. The van der Waals surface area contributed by atoms with Gasteiger partial charge in [0.2, 0.25) is 5.91 Å². The Morgan fingerprint density at radius 1 is 1.40 bits per heavy atom. The van der Waals surface area contributed by atoms with Crippen LogP contribution < -0.4 is 5.32 Å². The van der Waals surface area contributed by atoms with E-state index in [0.29, 0.717) is 6.54 Å². The minimum atomic E-state index is -1.08. The zero-order chi connectivity index (χ0) is 12.1. The number of carboxylic acid groups (broad SMARTS) is 1. The summed E-state index contributed by atoms with van der Waals surface area (Å²) in [5.74, 6) is -2.46. The molecule has 0 aliphatic rings. The predicted octanol–water partition coefficient (Wildman–Crippen LogP) is 1.65. The van der Waals surface area contributed by atoms with Gasteiger partial charge in [0.1, 0.15) is 5.92 Å². The molecule has 1 unspecified atom stereocenters. The summed E-state index contributed by atoms with van der Waals surface area (Å²) in [4.78, 5) is 21.9. The van der Waals surface area contributed by atoms with Gasteiger partial charge < -0.3 is 10.4 Å². The van der Waals surface area contributed by atoms with Crippen LogP contribution in [0.4, 0.5) is 0 Å². The lowest BCUT2D eigenvalue weighted by atomic mass is 9.88. The maximum absolute atomic E-state index is 11.3. The van der Waals surface area contributed by atoms with E-state index in [1.165, 1.54) is 6.92 Å². The summed E-state index contributed by atoms with van der Waals surface area (Å²) >= 11 is 0. The molecule has 0 radical (unpaired) electrons. The lowest BCUT2D eigenvalue weighted by molar-refractivity contribution is -0.146. The molecule has 4 nitrogen and oxygen atoms in total.